The van der Waals surface area contributed by atoms with Gasteiger partial charge in [0.25, 0.3) is 5.56 Å². The molecule has 0 radical (unpaired) electrons. The molecule has 6 rings (SSSR count). The highest BCUT2D eigenvalue weighted by atomic mass is 16.6. The van der Waals surface area contributed by atoms with Gasteiger partial charge in [-0.25, -0.2) is 4.79 Å². The minimum atomic E-state index is -0.485. The average Bonchev–Trinajstić information content (AvgIpc) is 3.23. The van der Waals surface area contributed by atoms with E-state index in [2.05, 4.69) is 9.67 Å². The van der Waals surface area contributed by atoms with E-state index in [1.807, 2.05) is 62.2 Å². The van der Waals surface area contributed by atoms with Gasteiger partial charge in [-0.1, -0.05) is 30.3 Å². The quantitative estimate of drug-likeness (QED) is 0.585. The van der Waals surface area contributed by atoms with E-state index in [9.17, 15) is 9.59 Å². The van der Waals surface area contributed by atoms with Crippen LogP contribution in [0.3, 0.4) is 0 Å². The number of amides is 1. The number of fused-ring (bicyclic) bond motifs is 3. The van der Waals surface area contributed by atoms with Crippen LogP contribution in [0, 0.1) is 11.8 Å². The van der Waals surface area contributed by atoms with Gasteiger partial charge >= 0.3 is 6.09 Å². The largest absolute Gasteiger partial charge is 0.444 e. The Morgan fingerprint density at radius 3 is 2.56 bits per heavy atom. The third-order valence-electron chi connectivity index (χ3n) is 7.35. The van der Waals surface area contributed by atoms with E-state index in [0.29, 0.717) is 29.1 Å². The summed E-state index contributed by atoms with van der Waals surface area (Å²) >= 11 is 0. The zero-order valence-corrected chi connectivity index (χ0v) is 20.0. The lowest BCUT2D eigenvalue weighted by molar-refractivity contribution is 0.0156. The van der Waals surface area contributed by atoms with Crippen LogP contribution in [0.15, 0.2) is 41.3 Å². The number of rotatable bonds is 4. The van der Waals surface area contributed by atoms with Crippen molar-refractivity contribution in [3.05, 3.63) is 52.7 Å². The average molecular weight is 462 g/mol. The van der Waals surface area contributed by atoms with Crippen molar-refractivity contribution in [2.24, 2.45) is 11.8 Å². The molecule has 2 aromatic heterocycles. The first-order chi connectivity index (χ1) is 16.3. The van der Waals surface area contributed by atoms with Crippen molar-refractivity contribution in [1.82, 2.24) is 24.1 Å². The van der Waals surface area contributed by atoms with Crippen LogP contribution in [0.2, 0.25) is 0 Å². The molecule has 2 aliphatic carbocycles. The van der Waals surface area contributed by atoms with Crippen molar-refractivity contribution in [2.75, 3.05) is 6.54 Å². The van der Waals surface area contributed by atoms with E-state index in [4.69, 9.17) is 9.72 Å². The van der Waals surface area contributed by atoms with Gasteiger partial charge in [-0.05, 0) is 63.9 Å². The molecule has 3 aromatic rings. The lowest BCUT2D eigenvalue weighted by Crippen LogP contribution is -2.43. The molecule has 0 spiro atoms. The first kappa shape index (κ1) is 21.4. The molecule has 1 amide bonds. The van der Waals surface area contributed by atoms with Crippen LogP contribution in [0.5, 0.6) is 0 Å². The standard InChI is InChI=1S/C26H31N5O3/c1-26(2,3)34-25(33)30-14-19-12-20(30)11-18(19)13-29-15-21(16-7-5-4-6-8-16)23(32)31-24(29)27-22(28-31)17-9-10-17/h4-8,15,17-20H,9-14H2,1-3H3/t18-,19-,20+/m0/s1. The van der Waals surface area contributed by atoms with Gasteiger partial charge in [-0.15, -0.1) is 5.10 Å². The number of carbonyl (C=O) groups is 1. The number of hydrogen-bond acceptors (Lipinski definition) is 5. The second kappa shape index (κ2) is 7.68. The normalized spacial score (nSPS) is 24.2. The minimum Gasteiger partial charge on any atom is -0.444 e. The zero-order valence-electron chi connectivity index (χ0n) is 20.0. The van der Waals surface area contributed by atoms with Crippen LogP contribution < -0.4 is 5.56 Å². The van der Waals surface area contributed by atoms with Gasteiger partial charge in [0.05, 0.1) is 5.56 Å². The third kappa shape index (κ3) is 3.79. The van der Waals surface area contributed by atoms with Gasteiger partial charge in [0.1, 0.15) is 5.60 Å². The zero-order chi connectivity index (χ0) is 23.6. The predicted octanol–water partition coefficient (Wildman–Crippen LogP) is 4.08. The molecule has 178 valence electrons. The Kier molecular flexibility index (Phi) is 4.83. The fraction of sp³-hybridized carbons (Fsp3) is 0.538. The number of carbonyl (C=O) groups excluding carboxylic acids is 1. The maximum Gasteiger partial charge on any atom is 0.410 e. The number of aromatic nitrogens is 4. The molecule has 0 N–H and O–H groups in total. The van der Waals surface area contributed by atoms with Crippen LogP contribution >= 0.6 is 0 Å². The van der Waals surface area contributed by atoms with E-state index in [1.165, 1.54) is 4.52 Å². The summed E-state index contributed by atoms with van der Waals surface area (Å²) in [6.45, 7) is 7.20. The second-order valence-corrected chi connectivity index (χ2v) is 11.1. The van der Waals surface area contributed by atoms with Crippen LogP contribution in [0.4, 0.5) is 4.79 Å². The summed E-state index contributed by atoms with van der Waals surface area (Å²) in [6.07, 6.45) is 5.86. The Labute approximate surface area is 198 Å². The summed E-state index contributed by atoms with van der Waals surface area (Å²) in [4.78, 5) is 32.7. The first-order valence-electron chi connectivity index (χ1n) is 12.3. The van der Waals surface area contributed by atoms with Crippen molar-refractivity contribution in [1.29, 1.82) is 0 Å². The van der Waals surface area contributed by atoms with Gasteiger partial charge in [0.2, 0.25) is 5.78 Å². The van der Waals surface area contributed by atoms with E-state index < -0.39 is 5.60 Å². The van der Waals surface area contributed by atoms with Crippen molar-refractivity contribution < 1.29 is 9.53 Å². The third-order valence-corrected chi connectivity index (χ3v) is 7.35. The van der Waals surface area contributed by atoms with Gasteiger partial charge in [0, 0.05) is 31.2 Å². The van der Waals surface area contributed by atoms with E-state index in [0.717, 1.165) is 50.2 Å². The predicted molar refractivity (Wildman–Crippen MR) is 128 cm³/mol. The lowest BCUT2D eigenvalue weighted by Gasteiger charge is -2.33. The van der Waals surface area contributed by atoms with Crippen molar-refractivity contribution >= 4 is 11.9 Å². The van der Waals surface area contributed by atoms with E-state index >= 15 is 0 Å². The molecule has 3 heterocycles. The molecule has 34 heavy (non-hydrogen) atoms. The summed E-state index contributed by atoms with van der Waals surface area (Å²) in [5, 5.41) is 4.62. The molecule has 2 bridgehead atoms. The number of hydrogen-bond donors (Lipinski definition) is 0. The number of likely N-dealkylation sites (tertiary alicyclic amines) is 1. The van der Waals surface area contributed by atoms with Gasteiger partial charge in [-0.2, -0.15) is 9.50 Å². The number of nitrogens with zero attached hydrogens (tertiary/aromatic N) is 5. The van der Waals surface area contributed by atoms with Crippen LogP contribution in [0.1, 0.15) is 58.2 Å². The molecule has 8 heteroatoms. The molecular formula is C26H31N5O3. The monoisotopic (exact) mass is 461 g/mol. The molecular weight excluding hydrogens is 430 g/mol. The molecule has 1 aromatic carbocycles. The summed E-state index contributed by atoms with van der Waals surface area (Å²) in [5.41, 5.74) is 0.913. The lowest BCUT2D eigenvalue weighted by atomic mass is 9.94. The molecule has 3 aliphatic rings. The summed E-state index contributed by atoms with van der Waals surface area (Å²) in [6, 6.07) is 9.98. The second-order valence-electron chi connectivity index (χ2n) is 11.1. The Morgan fingerprint density at radius 1 is 1.15 bits per heavy atom. The van der Waals surface area contributed by atoms with Crippen molar-refractivity contribution in [3.63, 3.8) is 0 Å². The van der Waals surface area contributed by atoms with Crippen molar-refractivity contribution in [2.45, 2.75) is 70.6 Å². The topological polar surface area (TPSA) is 81.7 Å². The van der Waals surface area contributed by atoms with Crippen LogP contribution in [-0.4, -0.2) is 48.3 Å². The number of ether oxygens (including phenoxy) is 1. The Balaban J connectivity index is 1.30. The highest BCUT2D eigenvalue weighted by Gasteiger charge is 2.47. The molecule has 2 saturated carbocycles. The van der Waals surface area contributed by atoms with Crippen LogP contribution in [-0.2, 0) is 11.3 Å². The Bertz CT molecular complexity index is 1300. The molecule has 8 nitrogen and oxygen atoms in total. The first-order valence-corrected chi connectivity index (χ1v) is 12.3. The number of benzene rings is 1. The fourth-order valence-corrected chi connectivity index (χ4v) is 5.57. The summed E-state index contributed by atoms with van der Waals surface area (Å²) < 4.78 is 9.23. The molecule has 1 aliphatic heterocycles. The SMILES string of the molecule is CC(C)(C)OC(=O)N1C[C@@H]2C[C@H]1C[C@H]2Cn1cc(-c2ccccc2)c(=O)n2nc(C3CC3)nc12. The molecule has 3 atom stereocenters. The van der Waals surface area contributed by atoms with Crippen molar-refractivity contribution in [3.8, 4) is 11.1 Å². The Hall–Kier alpha value is -3.16. The molecule has 1 saturated heterocycles. The minimum absolute atomic E-state index is 0.124. The van der Waals surface area contributed by atoms with Crippen LogP contribution in [0.25, 0.3) is 16.9 Å². The number of piperidine rings is 1. The maximum atomic E-state index is 13.3. The smallest absolute Gasteiger partial charge is 0.410 e. The summed E-state index contributed by atoms with van der Waals surface area (Å²) in [5.74, 6) is 2.61. The highest BCUT2D eigenvalue weighted by molar-refractivity contribution is 5.69. The molecule has 0 unspecified atom stereocenters. The van der Waals surface area contributed by atoms with E-state index in [1.54, 1.807) is 0 Å². The van der Waals surface area contributed by atoms with E-state index in [-0.39, 0.29) is 17.7 Å². The maximum absolute atomic E-state index is 13.3. The fourth-order valence-electron chi connectivity index (χ4n) is 5.57. The van der Waals surface area contributed by atoms with Gasteiger partial charge < -0.3 is 14.2 Å². The van der Waals surface area contributed by atoms with Gasteiger partial charge in [0.15, 0.2) is 5.82 Å². The highest BCUT2D eigenvalue weighted by Crippen LogP contribution is 2.44. The van der Waals surface area contributed by atoms with Gasteiger partial charge in [-0.3, -0.25) is 4.79 Å². The molecule has 3 fully saturated rings. The Morgan fingerprint density at radius 2 is 1.91 bits per heavy atom. The summed E-state index contributed by atoms with van der Waals surface area (Å²) in [7, 11) is 0.